The SMILES string of the molecule is COC(=O)/C=C(\C(=O)OC)N(C)CCc1c(C(OC)c2ccc(OC)cc2)sc2ccccc12. The van der Waals surface area contributed by atoms with Crippen molar-refractivity contribution in [3.63, 3.8) is 0 Å². The van der Waals surface area contributed by atoms with E-state index in [1.807, 2.05) is 36.4 Å². The second kappa shape index (κ2) is 11.7. The van der Waals surface area contributed by atoms with E-state index in [1.165, 1.54) is 14.2 Å². The molecule has 0 aliphatic rings. The first-order valence-electron chi connectivity index (χ1n) is 10.7. The van der Waals surface area contributed by atoms with Gasteiger partial charge in [-0.2, -0.15) is 0 Å². The molecular weight excluding hydrogens is 454 g/mol. The number of fused-ring (bicyclic) bond motifs is 1. The van der Waals surface area contributed by atoms with Gasteiger partial charge in [-0.1, -0.05) is 30.3 Å². The molecule has 180 valence electrons. The van der Waals surface area contributed by atoms with Gasteiger partial charge in [0.1, 0.15) is 17.6 Å². The summed E-state index contributed by atoms with van der Waals surface area (Å²) < 4.78 is 21.9. The minimum absolute atomic E-state index is 0.133. The predicted octanol–water partition coefficient (Wildman–Crippen LogP) is 4.35. The second-order valence-electron chi connectivity index (χ2n) is 7.55. The third kappa shape index (κ3) is 5.58. The van der Waals surface area contributed by atoms with Crippen LogP contribution >= 0.6 is 11.3 Å². The summed E-state index contributed by atoms with van der Waals surface area (Å²) in [6.07, 6.45) is 1.52. The Morgan fingerprint density at radius 3 is 2.32 bits per heavy atom. The number of likely N-dealkylation sites (N-methyl/N-ethyl adjacent to an activating group) is 1. The highest BCUT2D eigenvalue weighted by Crippen LogP contribution is 2.40. The first kappa shape index (κ1) is 25.3. The Balaban J connectivity index is 1.96. The molecule has 1 heterocycles. The summed E-state index contributed by atoms with van der Waals surface area (Å²) in [6.45, 7) is 0.477. The van der Waals surface area contributed by atoms with Crippen LogP contribution in [0.3, 0.4) is 0 Å². The second-order valence-corrected chi connectivity index (χ2v) is 8.63. The van der Waals surface area contributed by atoms with Crippen molar-refractivity contribution in [2.24, 2.45) is 0 Å². The Bertz CT molecular complexity index is 1170. The van der Waals surface area contributed by atoms with Crippen molar-refractivity contribution >= 4 is 33.4 Å². The van der Waals surface area contributed by atoms with Crippen molar-refractivity contribution in [3.8, 4) is 5.75 Å². The maximum atomic E-state index is 12.3. The summed E-state index contributed by atoms with van der Waals surface area (Å²) >= 11 is 1.69. The molecule has 0 aliphatic heterocycles. The molecule has 2 aromatic carbocycles. The molecule has 0 saturated heterocycles. The molecule has 8 heteroatoms. The van der Waals surface area contributed by atoms with Gasteiger partial charge < -0.3 is 23.8 Å². The van der Waals surface area contributed by atoms with Crippen molar-refractivity contribution < 1.29 is 28.5 Å². The molecule has 3 aromatic rings. The van der Waals surface area contributed by atoms with Crippen LogP contribution in [0.1, 0.15) is 22.1 Å². The van der Waals surface area contributed by atoms with E-state index in [9.17, 15) is 9.59 Å². The van der Waals surface area contributed by atoms with Gasteiger partial charge in [0.25, 0.3) is 0 Å². The number of nitrogens with zero attached hydrogens (tertiary/aromatic N) is 1. The summed E-state index contributed by atoms with van der Waals surface area (Å²) in [4.78, 5) is 26.9. The Labute approximate surface area is 203 Å². The standard InChI is InChI=1S/C26H29NO6S/c1-27(21(26(29)33-5)16-23(28)31-3)15-14-20-19-8-6-7-9-22(19)34-25(20)24(32-4)17-10-12-18(30-2)13-11-17/h6-13,16,24H,14-15H2,1-5H3/b21-16+. The number of rotatable bonds is 10. The lowest BCUT2D eigenvalue weighted by molar-refractivity contribution is -0.139. The van der Waals surface area contributed by atoms with E-state index in [-0.39, 0.29) is 11.8 Å². The van der Waals surface area contributed by atoms with E-state index >= 15 is 0 Å². The smallest absolute Gasteiger partial charge is 0.354 e. The van der Waals surface area contributed by atoms with Crippen LogP contribution in [-0.4, -0.2) is 58.9 Å². The fourth-order valence-electron chi connectivity index (χ4n) is 3.76. The van der Waals surface area contributed by atoms with E-state index in [4.69, 9.17) is 18.9 Å². The number of hydrogen-bond acceptors (Lipinski definition) is 8. The molecule has 1 aromatic heterocycles. The quantitative estimate of drug-likeness (QED) is 0.314. The number of benzene rings is 2. The van der Waals surface area contributed by atoms with Crippen LogP contribution < -0.4 is 4.74 Å². The molecular formula is C26H29NO6S. The average Bonchev–Trinajstić information content (AvgIpc) is 3.24. The number of hydrogen-bond donors (Lipinski definition) is 0. The maximum Gasteiger partial charge on any atom is 0.354 e. The van der Waals surface area contributed by atoms with Gasteiger partial charge in [0.2, 0.25) is 0 Å². The van der Waals surface area contributed by atoms with Crippen molar-refractivity contribution in [1.29, 1.82) is 0 Å². The fraction of sp³-hybridized carbons (Fsp3) is 0.308. The number of esters is 2. The molecule has 0 radical (unpaired) electrons. The van der Waals surface area contributed by atoms with Crippen LogP contribution in [0, 0.1) is 0 Å². The van der Waals surface area contributed by atoms with Gasteiger partial charge in [0, 0.05) is 30.3 Å². The van der Waals surface area contributed by atoms with Gasteiger partial charge in [0.05, 0.1) is 27.4 Å². The first-order chi connectivity index (χ1) is 16.4. The van der Waals surface area contributed by atoms with Gasteiger partial charge in [-0.05, 0) is 41.1 Å². The number of ether oxygens (including phenoxy) is 4. The van der Waals surface area contributed by atoms with Crippen molar-refractivity contribution in [1.82, 2.24) is 4.90 Å². The van der Waals surface area contributed by atoms with Crippen LogP contribution in [0.15, 0.2) is 60.3 Å². The number of carbonyl (C=O) groups excluding carboxylic acids is 2. The highest BCUT2D eigenvalue weighted by atomic mass is 32.1. The minimum Gasteiger partial charge on any atom is -0.497 e. The van der Waals surface area contributed by atoms with E-state index in [0.717, 1.165) is 37.9 Å². The van der Waals surface area contributed by atoms with Crippen LogP contribution in [-0.2, 0) is 30.2 Å². The Morgan fingerprint density at radius 1 is 1.00 bits per heavy atom. The summed E-state index contributed by atoms with van der Waals surface area (Å²) in [5, 5.41) is 1.14. The van der Waals surface area contributed by atoms with Crippen molar-refractivity contribution in [3.05, 3.63) is 76.3 Å². The first-order valence-corrected chi connectivity index (χ1v) is 11.5. The Hall–Kier alpha value is -3.36. The lowest BCUT2D eigenvalue weighted by Gasteiger charge is -2.22. The Kier molecular flexibility index (Phi) is 8.67. The molecule has 0 bridgehead atoms. The van der Waals surface area contributed by atoms with E-state index in [2.05, 4.69) is 12.1 Å². The molecule has 7 nitrogen and oxygen atoms in total. The average molecular weight is 484 g/mol. The van der Waals surface area contributed by atoms with Crippen LogP contribution in [0.2, 0.25) is 0 Å². The van der Waals surface area contributed by atoms with Crippen molar-refractivity contribution in [2.45, 2.75) is 12.5 Å². The van der Waals surface area contributed by atoms with E-state index in [1.54, 1.807) is 37.5 Å². The highest BCUT2D eigenvalue weighted by molar-refractivity contribution is 7.19. The zero-order valence-electron chi connectivity index (χ0n) is 20.0. The van der Waals surface area contributed by atoms with E-state index in [0.29, 0.717) is 13.0 Å². The fourth-order valence-corrected chi connectivity index (χ4v) is 5.12. The largest absolute Gasteiger partial charge is 0.497 e. The molecule has 0 fully saturated rings. The topological polar surface area (TPSA) is 74.3 Å². The van der Waals surface area contributed by atoms with Gasteiger partial charge in [-0.3, -0.25) is 0 Å². The van der Waals surface area contributed by atoms with Crippen LogP contribution in [0.4, 0.5) is 0 Å². The molecule has 0 amide bonds. The molecule has 3 rings (SSSR count). The summed E-state index contributed by atoms with van der Waals surface area (Å²) in [5.41, 5.74) is 2.29. The normalized spacial score (nSPS) is 12.3. The molecule has 34 heavy (non-hydrogen) atoms. The Morgan fingerprint density at radius 2 is 1.71 bits per heavy atom. The van der Waals surface area contributed by atoms with Gasteiger partial charge in [-0.15, -0.1) is 11.3 Å². The molecule has 1 unspecified atom stereocenters. The minimum atomic E-state index is -0.618. The highest BCUT2D eigenvalue weighted by Gasteiger charge is 2.24. The molecule has 0 spiro atoms. The van der Waals surface area contributed by atoms with Crippen LogP contribution in [0.25, 0.3) is 10.1 Å². The van der Waals surface area contributed by atoms with Gasteiger partial charge in [-0.25, -0.2) is 9.59 Å². The predicted molar refractivity (Wildman–Crippen MR) is 132 cm³/mol. The van der Waals surface area contributed by atoms with E-state index < -0.39 is 11.9 Å². The lowest BCUT2D eigenvalue weighted by atomic mass is 10.00. The third-order valence-corrected chi connectivity index (χ3v) is 6.84. The van der Waals surface area contributed by atoms with Gasteiger partial charge in [0.15, 0.2) is 0 Å². The zero-order valence-corrected chi connectivity index (χ0v) is 20.8. The third-order valence-electron chi connectivity index (χ3n) is 5.58. The van der Waals surface area contributed by atoms with Gasteiger partial charge >= 0.3 is 11.9 Å². The lowest BCUT2D eigenvalue weighted by Crippen LogP contribution is -2.28. The molecule has 0 saturated carbocycles. The van der Waals surface area contributed by atoms with Crippen molar-refractivity contribution in [2.75, 3.05) is 42.0 Å². The molecule has 0 N–H and O–H groups in total. The monoisotopic (exact) mass is 483 g/mol. The maximum absolute atomic E-state index is 12.3. The summed E-state index contributed by atoms with van der Waals surface area (Å²) in [5.74, 6) is -0.436. The zero-order chi connectivity index (χ0) is 24.7. The molecule has 1 atom stereocenters. The number of carbonyl (C=O) groups is 2. The molecule has 0 aliphatic carbocycles. The van der Waals surface area contributed by atoms with Crippen LogP contribution in [0.5, 0.6) is 5.75 Å². The number of methoxy groups -OCH3 is 4. The summed E-state index contributed by atoms with van der Waals surface area (Å²) in [7, 11) is 7.63. The summed E-state index contributed by atoms with van der Waals surface area (Å²) in [6, 6.07) is 16.1. The number of thiophene rings is 1.